The molecule has 0 aliphatic heterocycles. The van der Waals surface area contributed by atoms with Crippen molar-refractivity contribution in [3.05, 3.63) is 60.2 Å². The van der Waals surface area contributed by atoms with Crippen LogP contribution in [-0.4, -0.2) is 38.1 Å². The van der Waals surface area contributed by atoms with E-state index < -0.39 is 0 Å². The fourth-order valence-corrected chi connectivity index (χ4v) is 2.54. The van der Waals surface area contributed by atoms with E-state index in [1.807, 2.05) is 30.2 Å². The molecular formula is C17H21N5. The SMILES string of the molecule is CN(C)Cc1ccc(Cn2ccnc2-c2nccn2C)cc1. The van der Waals surface area contributed by atoms with E-state index in [4.69, 9.17) is 0 Å². The fraction of sp³-hybridized carbons (Fsp3) is 0.294. The van der Waals surface area contributed by atoms with Crippen LogP contribution in [0.4, 0.5) is 0 Å². The van der Waals surface area contributed by atoms with Crippen molar-refractivity contribution in [1.29, 1.82) is 0 Å². The third-order valence-electron chi connectivity index (χ3n) is 3.61. The summed E-state index contributed by atoms with van der Waals surface area (Å²) in [5.74, 6) is 1.78. The lowest BCUT2D eigenvalue weighted by molar-refractivity contribution is 0.402. The monoisotopic (exact) mass is 295 g/mol. The summed E-state index contributed by atoms with van der Waals surface area (Å²) in [6, 6.07) is 8.74. The quantitative estimate of drug-likeness (QED) is 0.725. The molecule has 22 heavy (non-hydrogen) atoms. The Hall–Kier alpha value is -2.40. The van der Waals surface area contributed by atoms with Crippen molar-refractivity contribution in [3.8, 4) is 11.6 Å². The summed E-state index contributed by atoms with van der Waals surface area (Å²) >= 11 is 0. The Morgan fingerprint density at radius 1 is 0.909 bits per heavy atom. The molecule has 114 valence electrons. The minimum Gasteiger partial charge on any atom is -0.331 e. The summed E-state index contributed by atoms with van der Waals surface area (Å²) in [7, 11) is 6.15. The molecule has 2 heterocycles. The van der Waals surface area contributed by atoms with Gasteiger partial charge in [0.1, 0.15) is 0 Å². The number of rotatable bonds is 5. The molecule has 1 aromatic carbocycles. The average molecular weight is 295 g/mol. The number of aryl methyl sites for hydroxylation is 1. The fourth-order valence-electron chi connectivity index (χ4n) is 2.54. The molecule has 0 saturated heterocycles. The predicted molar refractivity (Wildman–Crippen MR) is 87.4 cm³/mol. The summed E-state index contributed by atoms with van der Waals surface area (Å²) < 4.78 is 4.11. The van der Waals surface area contributed by atoms with E-state index in [0.717, 1.165) is 24.7 Å². The van der Waals surface area contributed by atoms with Crippen molar-refractivity contribution in [2.24, 2.45) is 7.05 Å². The van der Waals surface area contributed by atoms with E-state index in [1.54, 1.807) is 6.20 Å². The lowest BCUT2D eigenvalue weighted by Crippen LogP contribution is -2.10. The van der Waals surface area contributed by atoms with Crippen LogP contribution in [0.3, 0.4) is 0 Å². The van der Waals surface area contributed by atoms with Gasteiger partial charge in [-0.15, -0.1) is 0 Å². The van der Waals surface area contributed by atoms with Crippen LogP contribution in [0.25, 0.3) is 11.6 Å². The van der Waals surface area contributed by atoms with E-state index in [-0.39, 0.29) is 0 Å². The van der Waals surface area contributed by atoms with Gasteiger partial charge in [0, 0.05) is 44.9 Å². The van der Waals surface area contributed by atoms with Gasteiger partial charge in [0.2, 0.25) is 0 Å². The summed E-state index contributed by atoms with van der Waals surface area (Å²) in [4.78, 5) is 11.0. The highest BCUT2D eigenvalue weighted by Crippen LogP contribution is 2.16. The molecule has 0 radical (unpaired) electrons. The molecule has 5 heteroatoms. The normalized spacial score (nSPS) is 11.3. The molecule has 0 atom stereocenters. The second-order valence-corrected chi connectivity index (χ2v) is 5.79. The van der Waals surface area contributed by atoms with Gasteiger partial charge >= 0.3 is 0 Å². The molecule has 3 aromatic rings. The van der Waals surface area contributed by atoms with E-state index in [9.17, 15) is 0 Å². The maximum Gasteiger partial charge on any atom is 0.176 e. The third-order valence-corrected chi connectivity index (χ3v) is 3.61. The maximum atomic E-state index is 4.45. The number of benzene rings is 1. The summed E-state index contributed by atoms with van der Waals surface area (Å²) in [6.45, 7) is 1.76. The number of hydrogen-bond acceptors (Lipinski definition) is 3. The zero-order chi connectivity index (χ0) is 15.5. The topological polar surface area (TPSA) is 38.9 Å². The largest absolute Gasteiger partial charge is 0.331 e. The predicted octanol–water partition coefficient (Wildman–Crippen LogP) is 2.39. The van der Waals surface area contributed by atoms with Crippen LogP contribution in [0.1, 0.15) is 11.1 Å². The van der Waals surface area contributed by atoms with Crippen molar-refractivity contribution in [3.63, 3.8) is 0 Å². The zero-order valence-electron chi connectivity index (χ0n) is 13.3. The zero-order valence-corrected chi connectivity index (χ0v) is 13.3. The Morgan fingerprint density at radius 2 is 1.55 bits per heavy atom. The highest BCUT2D eigenvalue weighted by molar-refractivity contribution is 5.45. The molecule has 0 aliphatic rings. The van der Waals surface area contributed by atoms with Gasteiger partial charge in [0.15, 0.2) is 11.6 Å². The second kappa shape index (κ2) is 6.15. The number of nitrogens with zero attached hydrogens (tertiary/aromatic N) is 5. The maximum absolute atomic E-state index is 4.45. The van der Waals surface area contributed by atoms with Crippen LogP contribution in [-0.2, 0) is 20.1 Å². The van der Waals surface area contributed by atoms with Gasteiger partial charge in [-0.3, -0.25) is 0 Å². The molecule has 5 nitrogen and oxygen atoms in total. The van der Waals surface area contributed by atoms with Crippen LogP contribution in [0.2, 0.25) is 0 Å². The lowest BCUT2D eigenvalue weighted by Gasteiger charge is -2.11. The van der Waals surface area contributed by atoms with Crippen molar-refractivity contribution in [1.82, 2.24) is 24.0 Å². The van der Waals surface area contributed by atoms with Gasteiger partial charge in [0.25, 0.3) is 0 Å². The first-order chi connectivity index (χ1) is 10.6. The van der Waals surface area contributed by atoms with Crippen LogP contribution in [0, 0.1) is 0 Å². The van der Waals surface area contributed by atoms with Gasteiger partial charge in [-0.1, -0.05) is 24.3 Å². The van der Waals surface area contributed by atoms with E-state index in [2.05, 4.69) is 57.8 Å². The standard InChI is InChI=1S/C17H21N5/c1-20(2)12-14-4-6-15(7-5-14)13-22-11-9-19-17(22)16-18-8-10-21(16)3/h4-11H,12-13H2,1-3H3. The minimum absolute atomic E-state index is 0.796. The molecule has 0 saturated carbocycles. The smallest absolute Gasteiger partial charge is 0.176 e. The van der Waals surface area contributed by atoms with Crippen molar-refractivity contribution in [2.75, 3.05) is 14.1 Å². The first-order valence-corrected chi connectivity index (χ1v) is 7.35. The van der Waals surface area contributed by atoms with Crippen LogP contribution in [0.5, 0.6) is 0 Å². The molecule has 0 amide bonds. The van der Waals surface area contributed by atoms with Gasteiger partial charge in [-0.25, -0.2) is 9.97 Å². The Kier molecular flexibility index (Phi) is 4.06. The Bertz CT molecular complexity index is 737. The highest BCUT2D eigenvalue weighted by atomic mass is 15.1. The first kappa shape index (κ1) is 14.5. The Balaban J connectivity index is 1.80. The molecule has 0 aliphatic carbocycles. The second-order valence-electron chi connectivity index (χ2n) is 5.79. The summed E-state index contributed by atoms with van der Waals surface area (Å²) in [6.07, 6.45) is 7.55. The van der Waals surface area contributed by atoms with E-state index >= 15 is 0 Å². The van der Waals surface area contributed by atoms with Gasteiger partial charge in [-0.2, -0.15) is 0 Å². The van der Waals surface area contributed by atoms with E-state index in [0.29, 0.717) is 0 Å². The molecule has 0 fully saturated rings. The molecular weight excluding hydrogens is 274 g/mol. The van der Waals surface area contributed by atoms with Crippen molar-refractivity contribution >= 4 is 0 Å². The van der Waals surface area contributed by atoms with Crippen molar-refractivity contribution < 1.29 is 0 Å². The minimum atomic E-state index is 0.796. The molecule has 0 N–H and O–H groups in total. The number of hydrogen-bond donors (Lipinski definition) is 0. The van der Waals surface area contributed by atoms with Crippen LogP contribution < -0.4 is 0 Å². The summed E-state index contributed by atoms with van der Waals surface area (Å²) in [5, 5.41) is 0. The highest BCUT2D eigenvalue weighted by Gasteiger charge is 2.10. The Labute approximate surface area is 130 Å². The number of aromatic nitrogens is 4. The molecule has 0 spiro atoms. The van der Waals surface area contributed by atoms with Crippen LogP contribution >= 0.6 is 0 Å². The third kappa shape index (κ3) is 3.09. The Morgan fingerprint density at radius 3 is 2.18 bits per heavy atom. The average Bonchev–Trinajstić information content (AvgIpc) is 3.09. The molecule has 0 unspecified atom stereocenters. The number of imidazole rings is 2. The van der Waals surface area contributed by atoms with Gasteiger partial charge < -0.3 is 14.0 Å². The van der Waals surface area contributed by atoms with Gasteiger partial charge in [-0.05, 0) is 25.2 Å². The molecule has 3 rings (SSSR count). The molecule has 0 bridgehead atoms. The summed E-state index contributed by atoms with van der Waals surface area (Å²) in [5.41, 5.74) is 2.58. The van der Waals surface area contributed by atoms with Crippen molar-refractivity contribution in [2.45, 2.75) is 13.1 Å². The molecule has 2 aromatic heterocycles. The van der Waals surface area contributed by atoms with E-state index in [1.165, 1.54) is 11.1 Å². The van der Waals surface area contributed by atoms with Crippen LogP contribution in [0.15, 0.2) is 49.1 Å². The first-order valence-electron chi connectivity index (χ1n) is 7.35. The lowest BCUT2D eigenvalue weighted by atomic mass is 10.1. The van der Waals surface area contributed by atoms with Gasteiger partial charge in [0.05, 0.1) is 0 Å².